The van der Waals surface area contributed by atoms with E-state index in [2.05, 4.69) is 45.6 Å². The first-order valence-electron chi connectivity index (χ1n) is 12.1. The van der Waals surface area contributed by atoms with E-state index < -0.39 is 5.91 Å². The molecule has 1 saturated heterocycles. The summed E-state index contributed by atoms with van der Waals surface area (Å²) >= 11 is 0. The van der Waals surface area contributed by atoms with Crippen molar-refractivity contribution >= 4 is 22.9 Å². The first-order valence-corrected chi connectivity index (χ1v) is 12.1. The largest absolute Gasteiger partial charge is 0.377 e. The standard InChI is InChI=1S/C26H33N5O2/c1-17-8-10-19(11-9-17)15-31-24-18(2)28-22(25(27)32)14-21(24)29-26(31)30-12-13-33-16-23(30)20-6-4-3-5-7-20/h3-7,14,17,19,23H,8-13,15-16H2,1-2H3,(H2,27,32)/t17?,19?,23-/m0/s1. The number of benzene rings is 1. The zero-order valence-corrected chi connectivity index (χ0v) is 19.5. The van der Waals surface area contributed by atoms with Crippen molar-refractivity contribution in [3.05, 3.63) is 53.3 Å². The Balaban J connectivity index is 1.61. The molecular formula is C26H33N5O2. The van der Waals surface area contributed by atoms with Crippen molar-refractivity contribution in [2.24, 2.45) is 17.6 Å². The molecule has 1 atom stereocenters. The first-order chi connectivity index (χ1) is 16.0. The average molecular weight is 448 g/mol. The van der Waals surface area contributed by atoms with Crippen molar-refractivity contribution in [1.29, 1.82) is 0 Å². The van der Waals surface area contributed by atoms with Crippen LogP contribution < -0.4 is 10.6 Å². The fraction of sp³-hybridized carbons (Fsp3) is 0.500. The third kappa shape index (κ3) is 4.34. The Morgan fingerprint density at radius 3 is 2.64 bits per heavy atom. The van der Waals surface area contributed by atoms with E-state index in [0.29, 0.717) is 19.1 Å². The van der Waals surface area contributed by atoms with E-state index in [9.17, 15) is 4.79 Å². The number of morpholine rings is 1. The van der Waals surface area contributed by atoms with E-state index >= 15 is 0 Å². The quantitative estimate of drug-likeness (QED) is 0.632. The Kier molecular flexibility index (Phi) is 6.06. The first kappa shape index (κ1) is 21.9. The summed E-state index contributed by atoms with van der Waals surface area (Å²) in [5.41, 5.74) is 9.64. The zero-order valence-electron chi connectivity index (χ0n) is 19.5. The molecule has 1 amide bonds. The second-order valence-corrected chi connectivity index (χ2v) is 9.67. The zero-order chi connectivity index (χ0) is 22.9. The lowest BCUT2D eigenvalue weighted by molar-refractivity contribution is 0.0927. The molecule has 1 aliphatic heterocycles. The summed E-state index contributed by atoms with van der Waals surface area (Å²) in [6.45, 7) is 7.27. The highest BCUT2D eigenvalue weighted by molar-refractivity contribution is 5.95. The number of hydrogen-bond donors (Lipinski definition) is 1. The summed E-state index contributed by atoms with van der Waals surface area (Å²) in [5, 5.41) is 0. The highest BCUT2D eigenvalue weighted by Gasteiger charge is 2.31. The van der Waals surface area contributed by atoms with E-state index in [1.807, 2.05) is 13.0 Å². The maximum absolute atomic E-state index is 11.9. The Hall–Kier alpha value is -2.93. The average Bonchev–Trinajstić information content (AvgIpc) is 3.19. The maximum atomic E-state index is 11.9. The van der Waals surface area contributed by atoms with Gasteiger partial charge in [-0.3, -0.25) is 4.79 Å². The van der Waals surface area contributed by atoms with Crippen LogP contribution in [0.4, 0.5) is 5.95 Å². The highest BCUT2D eigenvalue weighted by atomic mass is 16.5. The molecular weight excluding hydrogens is 414 g/mol. The lowest BCUT2D eigenvalue weighted by Gasteiger charge is -2.37. The monoisotopic (exact) mass is 447 g/mol. The SMILES string of the molecule is Cc1nc(C(N)=O)cc2nc(N3CCOC[C@H]3c3ccccc3)n(CC3CCC(C)CC3)c12. The number of nitrogens with zero attached hydrogens (tertiary/aromatic N) is 4. The molecule has 0 spiro atoms. The van der Waals surface area contributed by atoms with Gasteiger partial charge >= 0.3 is 0 Å². The van der Waals surface area contributed by atoms with Crippen molar-refractivity contribution in [1.82, 2.24) is 14.5 Å². The minimum absolute atomic E-state index is 0.0887. The molecule has 1 aliphatic carbocycles. The lowest BCUT2D eigenvalue weighted by atomic mass is 9.83. The number of imidazole rings is 1. The molecule has 0 radical (unpaired) electrons. The number of fused-ring (bicyclic) bond motifs is 1. The van der Waals surface area contributed by atoms with Crippen molar-refractivity contribution in [2.75, 3.05) is 24.7 Å². The molecule has 2 fully saturated rings. The minimum Gasteiger partial charge on any atom is -0.377 e. The molecule has 3 heterocycles. The number of nitrogens with two attached hydrogens (primary N) is 1. The van der Waals surface area contributed by atoms with Crippen molar-refractivity contribution in [2.45, 2.75) is 52.1 Å². The van der Waals surface area contributed by atoms with Gasteiger partial charge in [0.25, 0.3) is 5.91 Å². The van der Waals surface area contributed by atoms with Crippen LogP contribution in [0.25, 0.3) is 11.0 Å². The molecule has 174 valence electrons. The topological polar surface area (TPSA) is 86.3 Å². The molecule has 1 aromatic carbocycles. The fourth-order valence-electron chi connectivity index (χ4n) is 5.42. The third-order valence-electron chi connectivity index (χ3n) is 7.28. The van der Waals surface area contributed by atoms with Gasteiger partial charge in [-0.1, -0.05) is 50.1 Å². The molecule has 33 heavy (non-hydrogen) atoms. The molecule has 7 heteroatoms. The number of carbonyl (C=O) groups excluding carboxylic acids is 1. The number of amides is 1. The van der Waals surface area contributed by atoms with Crippen molar-refractivity contribution < 1.29 is 9.53 Å². The lowest BCUT2D eigenvalue weighted by Crippen LogP contribution is -2.41. The van der Waals surface area contributed by atoms with Gasteiger partial charge in [-0.2, -0.15) is 0 Å². The van der Waals surface area contributed by atoms with E-state index in [0.717, 1.165) is 41.7 Å². The molecule has 1 saturated carbocycles. The van der Waals surface area contributed by atoms with Crippen molar-refractivity contribution in [3.63, 3.8) is 0 Å². The normalized spacial score (nSPS) is 23.7. The molecule has 3 aromatic rings. The van der Waals surface area contributed by atoms with Gasteiger partial charge in [-0.05, 0) is 43.2 Å². The minimum atomic E-state index is -0.522. The van der Waals surface area contributed by atoms with Crippen LogP contribution in [0.1, 0.15) is 60.4 Å². The summed E-state index contributed by atoms with van der Waals surface area (Å²) in [6, 6.07) is 12.3. The predicted octanol–water partition coefficient (Wildman–Crippen LogP) is 4.24. The van der Waals surface area contributed by atoms with Gasteiger partial charge in [-0.15, -0.1) is 0 Å². The summed E-state index contributed by atoms with van der Waals surface area (Å²) in [6.07, 6.45) is 5.02. The van der Waals surface area contributed by atoms with Gasteiger partial charge in [0.1, 0.15) is 5.69 Å². The van der Waals surface area contributed by atoms with Crippen LogP contribution in [-0.4, -0.2) is 40.2 Å². The molecule has 7 nitrogen and oxygen atoms in total. The van der Waals surface area contributed by atoms with Gasteiger partial charge in [-0.25, -0.2) is 9.97 Å². The Labute approximate surface area is 195 Å². The summed E-state index contributed by atoms with van der Waals surface area (Å²) in [7, 11) is 0. The number of aryl methyl sites for hydroxylation is 1. The second kappa shape index (κ2) is 9.14. The van der Waals surface area contributed by atoms with Crippen molar-refractivity contribution in [3.8, 4) is 0 Å². The van der Waals surface area contributed by atoms with Crippen LogP contribution in [0.3, 0.4) is 0 Å². The smallest absolute Gasteiger partial charge is 0.267 e. The van der Waals surface area contributed by atoms with Crippen LogP contribution >= 0.6 is 0 Å². The fourth-order valence-corrected chi connectivity index (χ4v) is 5.42. The third-order valence-corrected chi connectivity index (χ3v) is 7.28. The molecule has 2 aromatic heterocycles. The van der Waals surface area contributed by atoms with E-state index in [1.165, 1.54) is 31.2 Å². The number of primary amides is 1. The number of carbonyl (C=O) groups is 1. The number of aromatic nitrogens is 3. The van der Waals surface area contributed by atoms with Gasteiger partial charge in [0.05, 0.1) is 36.0 Å². The number of rotatable bonds is 5. The highest BCUT2D eigenvalue weighted by Crippen LogP contribution is 2.36. The van der Waals surface area contributed by atoms with Crippen LogP contribution in [-0.2, 0) is 11.3 Å². The molecule has 0 unspecified atom stereocenters. The summed E-state index contributed by atoms with van der Waals surface area (Å²) in [5.74, 6) is 1.84. The summed E-state index contributed by atoms with van der Waals surface area (Å²) < 4.78 is 8.24. The molecule has 2 N–H and O–H groups in total. The van der Waals surface area contributed by atoms with Gasteiger partial charge in [0.2, 0.25) is 5.95 Å². The summed E-state index contributed by atoms with van der Waals surface area (Å²) in [4.78, 5) is 23.8. The van der Waals surface area contributed by atoms with Crippen LogP contribution in [0.15, 0.2) is 36.4 Å². The van der Waals surface area contributed by atoms with Gasteiger partial charge in [0, 0.05) is 13.1 Å². The van der Waals surface area contributed by atoms with E-state index in [4.69, 9.17) is 15.5 Å². The predicted molar refractivity (Wildman–Crippen MR) is 129 cm³/mol. The number of ether oxygens (including phenoxy) is 1. The molecule has 0 bridgehead atoms. The number of pyridine rings is 1. The van der Waals surface area contributed by atoms with Crippen LogP contribution in [0, 0.1) is 18.8 Å². The van der Waals surface area contributed by atoms with E-state index in [-0.39, 0.29) is 11.7 Å². The van der Waals surface area contributed by atoms with E-state index in [1.54, 1.807) is 6.07 Å². The number of anilines is 1. The Morgan fingerprint density at radius 2 is 1.91 bits per heavy atom. The molecule has 5 rings (SSSR count). The van der Waals surface area contributed by atoms with Gasteiger partial charge < -0.3 is 19.9 Å². The second-order valence-electron chi connectivity index (χ2n) is 9.67. The molecule has 2 aliphatic rings. The Bertz CT molecular complexity index is 1130. The van der Waals surface area contributed by atoms with Crippen LogP contribution in [0.5, 0.6) is 0 Å². The van der Waals surface area contributed by atoms with Gasteiger partial charge in [0.15, 0.2) is 0 Å². The maximum Gasteiger partial charge on any atom is 0.267 e. The number of hydrogen-bond acceptors (Lipinski definition) is 5. The van der Waals surface area contributed by atoms with Crippen LogP contribution in [0.2, 0.25) is 0 Å². The Morgan fingerprint density at radius 1 is 1.15 bits per heavy atom.